The molecule has 1 aromatic heterocycles. The maximum atomic E-state index is 11.5. The highest BCUT2D eigenvalue weighted by Crippen LogP contribution is 2.14. The monoisotopic (exact) mass is 273 g/mol. The summed E-state index contributed by atoms with van der Waals surface area (Å²) in [6.45, 7) is 2.12. The highest BCUT2D eigenvalue weighted by molar-refractivity contribution is 7.91. The summed E-state index contributed by atoms with van der Waals surface area (Å²) in [5.74, 6) is 0.672. The van der Waals surface area contributed by atoms with Crippen molar-refractivity contribution in [2.45, 2.75) is 38.3 Å². The number of hydrogen-bond donors (Lipinski definition) is 1. The Morgan fingerprint density at radius 1 is 1.59 bits per heavy atom. The summed E-state index contributed by atoms with van der Waals surface area (Å²) >= 11 is 1.70. The summed E-state index contributed by atoms with van der Waals surface area (Å²) in [5.41, 5.74) is 1.33. The lowest BCUT2D eigenvalue weighted by atomic mass is 10.1. The normalized spacial score (nSPS) is 25.6. The predicted octanol–water partition coefficient (Wildman–Crippen LogP) is 1.85. The van der Waals surface area contributed by atoms with E-state index in [-0.39, 0.29) is 6.04 Å². The fourth-order valence-corrected chi connectivity index (χ4v) is 4.71. The largest absolute Gasteiger partial charge is 0.310 e. The van der Waals surface area contributed by atoms with Crippen molar-refractivity contribution in [1.29, 1.82) is 0 Å². The SMILES string of the molecule is CC(Cc1ccsc1)NC1CCCS(=O)(=O)C1. The zero-order valence-corrected chi connectivity index (χ0v) is 11.7. The Hall–Kier alpha value is -0.390. The van der Waals surface area contributed by atoms with Crippen LogP contribution >= 0.6 is 11.3 Å². The average Bonchev–Trinajstić information content (AvgIpc) is 2.68. The van der Waals surface area contributed by atoms with Crippen LogP contribution in [-0.2, 0) is 16.3 Å². The first kappa shape index (κ1) is 13.1. The van der Waals surface area contributed by atoms with E-state index in [1.54, 1.807) is 11.3 Å². The van der Waals surface area contributed by atoms with Crippen molar-refractivity contribution in [3.63, 3.8) is 0 Å². The molecule has 0 radical (unpaired) electrons. The van der Waals surface area contributed by atoms with Crippen molar-refractivity contribution in [3.8, 4) is 0 Å². The molecule has 0 bridgehead atoms. The van der Waals surface area contributed by atoms with Gasteiger partial charge < -0.3 is 5.32 Å². The minimum atomic E-state index is -2.80. The molecule has 2 heterocycles. The number of hydrogen-bond acceptors (Lipinski definition) is 4. The van der Waals surface area contributed by atoms with E-state index >= 15 is 0 Å². The van der Waals surface area contributed by atoms with E-state index in [4.69, 9.17) is 0 Å². The van der Waals surface area contributed by atoms with E-state index in [1.165, 1.54) is 5.56 Å². The Morgan fingerprint density at radius 3 is 3.06 bits per heavy atom. The van der Waals surface area contributed by atoms with Gasteiger partial charge in [-0.15, -0.1) is 0 Å². The van der Waals surface area contributed by atoms with Crippen LogP contribution in [0.15, 0.2) is 16.8 Å². The molecule has 17 heavy (non-hydrogen) atoms. The molecule has 1 aliphatic heterocycles. The van der Waals surface area contributed by atoms with Gasteiger partial charge in [0.1, 0.15) is 0 Å². The molecule has 1 aromatic rings. The van der Waals surface area contributed by atoms with Gasteiger partial charge in [0, 0.05) is 12.1 Å². The van der Waals surface area contributed by atoms with Gasteiger partial charge in [-0.3, -0.25) is 0 Å². The second-order valence-corrected chi connectivity index (χ2v) is 7.87. The molecular weight excluding hydrogens is 254 g/mol. The molecule has 0 spiro atoms. The third-order valence-corrected chi connectivity index (χ3v) is 5.66. The van der Waals surface area contributed by atoms with Crippen molar-refractivity contribution < 1.29 is 8.42 Å². The van der Waals surface area contributed by atoms with Crippen LogP contribution in [0.5, 0.6) is 0 Å². The molecular formula is C12H19NO2S2. The zero-order valence-electron chi connectivity index (χ0n) is 10.1. The van der Waals surface area contributed by atoms with E-state index in [0.717, 1.165) is 19.3 Å². The van der Waals surface area contributed by atoms with E-state index in [2.05, 4.69) is 29.1 Å². The second kappa shape index (κ2) is 5.50. The number of rotatable bonds is 4. The van der Waals surface area contributed by atoms with Gasteiger partial charge in [-0.25, -0.2) is 8.42 Å². The van der Waals surface area contributed by atoms with Gasteiger partial charge in [-0.2, -0.15) is 11.3 Å². The summed E-state index contributed by atoms with van der Waals surface area (Å²) in [5, 5.41) is 7.66. The van der Waals surface area contributed by atoms with Gasteiger partial charge in [0.2, 0.25) is 0 Å². The first-order valence-corrected chi connectivity index (χ1v) is 8.79. The highest BCUT2D eigenvalue weighted by atomic mass is 32.2. The Bertz CT molecular complexity index is 439. The topological polar surface area (TPSA) is 46.2 Å². The molecule has 1 saturated heterocycles. The molecule has 0 saturated carbocycles. The van der Waals surface area contributed by atoms with E-state index < -0.39 is 9.84 Å². The van der Waals surface area contributed by atoms with Crippen LogP contribution < -0.4 is 5.32 Å². The Balaban J connectivity index is 1.84. The summed E-state index contributed by atoms with van der Waals surface area (Å²) in [4.78, 5) is 0. The molecule has 1 fully saturated rings. The third kappa shape index (κ3) is 4.08. The summed E-state index contributed by atoms with van der Waals surface area (Å²) in [6.07, 6.45) is 2.75. The van der Waals surface area contributed by atoms with Gasteiger partial charge in [0.05, 0.1) is 11.5 Å². The van der Waals surface area contributed by atoms with Crippen molar-refractivity contribution >= 4 is 21.2 Å². The van der Waals surface area contributed by atoms with Crippen LogP contribution in [0.1, 0.15) is 25.3 Å². The summed E-state index contributed by atoms with van der Waals surface area (Å²) in [7, 11) is -2.80. The van der Waals surface area contributed by atoms with Gasteiger partial charge in [-0.1, -0.05) is 0 Å². The van der Waals surface area contributed by atoms with Crippen LogP contribution in [-0.4, -0.2) is 32.0 Å². The first-order chi connectivity index (χ1) is 8.05. The van der Waals surface area contributed by atoms with E-state index in [1.807, 2.05) is 0 Å². The van der Waals surface area contributed by atoms with Crippen molar-refractivity contribution in [2.24, 2.45) is 0 Å². The standard InChI is InChI=1S/C12H19NO2S2/c1-10(7-11-4-5-16-8-11)13-12-3-2-6-17(14,15)9-12/h4-5,8,10,12-13H,2-3,6-7,9H2,1H3. The molecule has 5 heteroatoms. The number of nitrogens with one attached hydrogen (secondary N) is 1. The summed E-state index contributed by atoms with van der Waals surface area (Å²) in [6, 6.07) is 2.60. The molecule has 1 N–H and O–H groups in total. The second-order valence-electron chi connectivity index (χ2n) is 4.86. The smallest absolute Gasteiger partial charge is 0.151 e. The van der Waals surface area contributed by atoms with E-state index in [0.29, 0.717) is 17.5 Å². The molecule has 2 atom stereocenters. The molecule has 2 rings (SSSR count). The number of sulfone groups is 1. The Morgan fingerprint density at radius 2 is 2.41 bits per heavy atom. The lowest BCUT2D eigenvalue weighted by molar-refractivity contribution is 0.428. The van der Waals surface area contributed by atoms with Crippen LogP contribution in [0.25, 0.3) is 0 Å². The lowest BCUT2D eigenvalue weighted by Gasteiger charge is -2.26. The van der Waals surface area contributed by atoms with Crippen LogP contribution in [0.3, 0.4) is 0 Å². The molecule has 3 nitrogen and oxygen atoms in total. The minimum Gasteiger partial charge on any atom is -0.310 e. The van der Waals surface area contributed by atoms with Crippen LogP contribution in [0.2, 0.25) is 0 Å². The lowest BCUT2D eigenvalue weighted by Crippen LogP contribution is -2.44. The van der Waals surface area contributed by atoms with E-state index in [9.17, 15) is 8.42 Å². The average molecular weight is 273 g/mol. The fraction of sp³-hybridized carbons (Fsp3) is 0.667. The third-order valence-electron chi connectivity index (χ3n) is 3.11. The molecule has 0 aromatic carbocycles. The maximum absolute atomic E-state index is 11.5. The molecule has 0 aliphatic carbocycles. The fourth-order valence-electron chi connectivity index (χ4n) is 2.38. The van der Waals surface area contributed by atoms with Crippen molar-refractivity contribution in [1.82, 2.24) is 5.32 Å². The zero-order chi connectivity index (χ0) is 12.3. The van der Waals surface area contributed by atoms with Gasteiger partial charge >= 0.3 is 0 Å². The maximum Gasteiger partial charge on any atom is 0.151 e. The highest BCUT2D eigenvalue weighted by Gasteiger charge is 2.25. The van der Waals surface area contributed by atoms with Crippen LogP contribution in [0, 0.1) is 0 Å². The molecule has 0 amide bonds. The molecule has 1 aliphatic rings. The van der Waals surface area contributed by atoms with Crippen LogP contribution in [0.4, 0.5) is 0 Å². The number of thiophene rings is 1. The van der Waals surface area contributed by atoms with Crippen molar-refractivity contribution in [3.05, 3.63) is 22.4 Å². The summed E-state index contributed by atoms with van der Waals surface area (Å²) < 4.78 is 23.0. The molecule has 96 valence electrons. The Labute approximate surface area is 107 Å². The Kier molecular flexibility index (Phi) is 4.22. The molecule has 2 unspecified atom stereocenters. The van der Waals surface area contributed by atoms with Gasteiger partial charge in [-0.05, 0) is 48.6 Å². The van der Waals surface area contributed by atoms with Gasteiger partial charge in [0.25, 0.3) is 0 Å². The minimum absolute atomic E-state index is 0.141. The van der Waals surface area contributed by atoms with Gasteiger partial charge in [0.15, 0.2) is 9.84 Å². The quantitative estimate of drug-likeness (QED) is 0.910. The predicted molar refractivity (Wildman–Crippen MR) is 72.3 cm³/mol. The first-order valence-electron chi connectivity index (χ1n) is 6.03. The van der Waals surface area contributed by atoms with Crippen molar-refractivity contribution in [2.75, 3.05) is 11.5 Å².